The molecule has 58 valence electrons. The minimum atomic E-state index is 0.257. The van der Waals surface area contributed by atoms with Crippen molar-refractivity contribution < 1.29 is 0 Å². The molecule has 0 atom stereocenters. The molecular weight excluding hydrogens is 152 g/mol. The molecule has 1 rings (SSSR count). The van der Waals surface area contributed by atoms with Gasteiger partial charge in [-0.1, -0.05) is 5.92 Å². The highest BCUT2D eigenvalue weighted by Crippen LogP contribution is 2.04. The van der Waals surface area contributed by atoms with Gasteiger partial charge in [-0.3, -0.25) is 0 Å². The first kappa shape index (κ1) is 8.03. The average Bonchev–Trinajstić information content (AvgIpc) is 2.15. The van der Waals surface area contributed by atoms with Gasteiger partial charge in [0, 0.05) is 12.4 Å². The molecule has 0 saturated carbocycles. The second-order valence-electron chi connectivity index (χ2n) is 1.92. The van der Waals surface area contributed by atoms with Crippen molar-refractivity contribution in [1.82, 2.24) is 9.97 Å². The van der Waals surface area contributed by atoms with Gasteiger partial charge in [0.15, 0.2) is 11.5 Å². The molecule has 0 unspecified atom stereocenters. The van der Waals surface area contributed by atoms with Crippen LogP contribution in [0.5, 0.6) is 0 Å². The molecular formula is C8H6N4. The lowest BCUT2D eigenvalue weighted by Gasteiger charge is -2.00. The topological polar surface area (TPSA) is 61.6 Å². The monoisotopic (exact) mass is 158 g/mol. The molecule has 1 aromatic rings. The number of nitrogens with one attached hydrogen (secondary N) is 1. The van der Waals surface area contributed by atoms with Gasteiger partial charge in [-0.15, -0.1) is 6.42 Å². The van der Waals surface area contributed by atoms with Crippen molar-refractivity contribution in [3.63, 3.8) is 0 Å². The molecule has 12 heavy (non-hydrogen) atoms. The molecule has 0 fully saturated rings. The Bertz CT molecular complexity index is 345. The highest BCUT2D eigenvalue weighted by Gasteiger charge is 2.00. The Morgan fingerprint density at radius 1 is 1.50 bits per heavy atom. The summed E-state index contributed by atoms with van der Waals surface area (Å²) in [5, 5.41) is 11.4. The molecule has 4 nitrogen and oxygen atoms in total. The largest absolute Gasteiger partial charge is 0.357 e. The molecule has 1 N–H and O–H groups in total. The molecule has 1 heterocycles. The van der Waals surface area contributed by atoms with Crippen molar-refractivity contribution >= 4 is 5.82 Å². The van der Waals surface area contributed by atoms with Crippen LogP contribution in [0, 0.1) is 23.7 Å². The fraction of sp³-hybridized carbons (Fsp3) is 0.125. The summed E-state index contributed by atoms with van der Waals surface area (Å²) < 4.78 is 0. The van der Waals surface area contributed by atoms with Crippen molar-refractivity contribution in [2.45, 2.75) is 0 Å². The lowest BCUT2D eigenvalue weighted by molar-refractivity contribution is 1.14. The van der Waals surface area contributed by atoms with Crippen molar-refractivity contribution in [1.29, 1.82) is 5.26 Å². The fourth-order valence-electron chi connectivity index (χ4n) is 0.684. The summed E-state index contributed by atoms with van der Waals surface area (Å²) in [5.74, 6) is 2.81. The Morgan fingerprint density at radius 3 is 2.92 bits per heavy atom. The Hall–Kier alpha value is -2.07. The third-order valence-corrected chi connectivity index (χ3v) is 1.16. The predicted molar refractivity (Wildman–Crippen MR) is 44.1 cm³/mol. The zero-order valence-corrected chi connectivity index (χ0v) is 6.28. The van der Waals surface area contributed by atoms with Gasteiger partial charge in [0.2, 0.25) is 0 Å². The number of anilines is 1. The van der Waals surface area contributed by atoms with E-state index in [1.807, 2.05) is 6.07 Å². The van der Waals surface area contributed by atoms with E-state index in [0.29, 0.717) is 12.4 Å². The summed E-state index contributed by atoms with van der Waals surface area (Å²) in [6, 6.07) is 1.90. The van der Waals surface area contributed by atoms with E-state index in [1.165, 1.54) is 12.4 Å². The number of aromatic nitrogens is 2. The van der Waals surface area contributed by atoms with Crippen LogP contribution in [0.4, 0.5) is 5.82 Å². The maximum absolute atomic E-state index is 8.57. The highest BCUT2D eigenvalue weighted by molar-refractivity contribution is 5.47. The standard InChI is InChI=1S/C8H6N4/c1-2-3-11-8-7(6-9)10-4-5-12-8/h1,4-5H,3H2,(H,11,12). The van der Waals surface area contributed by atoms with Gasteiger partial charge in [0.05, 0.1) is 6.54 Å². The number of rotatable bonds is 2. The minimum Gasteiger partial charge on any atom is -0.357 e. The fourth-order valence-corrected chi connectivity index (χ4v) is 0.684. The number of nitriles is 1. The van der Waals surface area contributed by atoms with Crippen LogP contribution < -0.4 is 5.32 Å². The molecule has 0 amide bonds. The van der Waals surface area contributed by atoms with E-state index in [9.17, 15) is 0 Å². The normalized spacial score (nSPS) is 8.17. The summed E-state index contributed by atoms with van der Waals surface area (Å²) in [7, 11) is 0. The van der Waals surface area contributed by atoms with E-state index < -0.39 is 0 Å². The zero-order valence-electron chi connectivity index (χ0n) is 6.28. The van der Waals surface area contributed by atoms with E-state index in [1.54, 1.807) is 0 Å². The number of nitrogens with zero attached hydrogens (tertiary/aromatic N) is 3. The van der Waals surface area contributed by atoms with Crippen molar-refractivity contribution in [2.24, 2.45) is 0 Å². The summed E-state index contributed by atoms with van der Waals surface area (Å²) in [6.07, 6.45) is 7.98. The van der Waals surface area contributed by atoms with Gasteiger partial charge in [0.1, 0.15) is 6.07 Å². The first-order valence-corrected chi connectivity index (χ1v) is 3.27. The minimum absolute atomic E-state index is 0.257. The predicted octanol–water partition coefficient (Wildman–Crippen LogP) is 0.393. The Balaban J connectivity index is 2.86. The van der Waals surface area contributed by atoms with Crippen LogP contribution in [-0.2, 0) is 0 Å². The summed E-state index contributed by atoms with van der Waals surface area (Å²) in [4.78, 5) is 7.69. The van der Waals surface area contributed by atoms with Gasteiger partial charge >= 0.3 is 0 Å². The van der Waals surface area contributed by atoms with E-state index in [0.717, 1.165) is 0 Å². The van der Waals surface area contributed by atoms with Crippen LogP contribution in [0.1, 0.15) is 5.69 Å². The van der Waals surface area contributed by atoms with Gasteiger partial charge in [-0.2, -0.15) is 5.26 Å². The third kappa shape index (κ3) is 1.71. The van der Waals surface area contributed by atoms with Gasteiger partial charge < -0.3 is 5.32 Å². The Morgan fingerprint density at radius 2 is 2.25 bits per heavy atom. The van der Waals surface area contributed by atoms with Crippen molar-refractivity contribution in [3.05, 3.63) is 18.1 Å². The lowest BCUT2D eigenvalue weighted by atomic mass is 10.4. The first-order valence-electron chi connectivity index (χ1n) is 3.27. The molecule has 0 aliphatic carbocycles. The molecule has 0 radical (unpaired) electrons. The average molecular weight is 158 g/mol. The Kier molecular flexibility index (Phi) is 2.64. The van der Waals surface area contributed by atoms with E-state index in [-0.39, 0.29) is 5.69 Å². The Labute approximate surface area is 70.3 Å². The van der Waals surface area contributed by atoms with Gasteiger partial charge in [-0.25, -0.2) is 9.97 Å². The number of hydrogen-bond donors (Lipinski definition) is 1. The summed E-state index contributed by atoms with van der Waals surface area (Å²) in [6.45, 7) is 0.341. The molecule has 0 aliphatic heterocycles. The van der Waals surface area contributed by atoms with E-state index >= 15 is 0 Å². The van der Waals surface area contributed by atoms with Crippen molar-refractivity contribution in [3.8, 4) is 18.4 Å². The molecule has 0 aromatic carbocycles. The van der Waals surface area contributed by atoms with Crippen LogP contribution in [0.2, 0.25) is 0 Å². The van der Waals surface area contributed by atoms with Gasteiger partial charge in [0.25, 0.3) is 0 Å². The maximum atomic E-state index is 8.57. The van der Waals surface area contributed by atoms with E-state index in [2.05, 4.69) is 21.2 Å². The van der Waals surface area contributed by atoms with Crippen LogP contribution in [0.25, 0.3) is 0 Å². The molecule has 0 saturated heterocycles. The summed E-state index contributed by atoms with van der Waals surface area (Å²) >= 11 is 0. The third-order valence-electron chi connectivity index (χ3n) is 1.16. The smallest absolute Gasteiger partial charge is 0.182 e. The quantitative estimate of drug-likeness (QED) is 0.632. The molecule has 0 spiro atoms. The zero-order chi connectivity index (χ0) is 8.81. The lowest BCUT2D eigenvalue weighted by Crippen LogP contribution is -2.03. The molecule has 4 heteroatoms. The number of hydrogen-bond acceptors (Lipinski definition) is 4. The van der Waals surface area contributed by atoms with Crippen LogP contribution in [0.15, 0.2) is 12.4 Å². The van der Waals surface area contributed by atoms with Crippen LogP contribution in [0.3, 0.4) is 0 Å². The molecule has 0 aliphatic rings. The van der Waals surface area contributed by atoms with E-state index in [4.69, 9.17) is 11.7 Å². The number of terminal acetylenes is 1. The SMILES string of the molecule is C#CCNc1nccnc1C#N. The second-order valence-corrected chi connectivity index (χ2v) is 1.92. The van der Waals surface area contributed by atoms with Crippen molar-refractivity contribution in [2.75, 3.05) is 11.9 Å². The maximum Gasteiger partial charge on any atom is 0.182 e. The molecule has 0 bridgehead atoms. The first-order chi connectivity index (χ1) is 5.88. The van der Waals surface area contributed by atoms with Gasteiger partial charge in [-0.05, 0) is 0 Å². The second kappa shape index (κ2) is 3.95. The van der Waals surface area contributed by atoms with Crippen LogP contribution >= 0.6 is 0 Å². The van der Waals surface area contributed by atoms with Crippen LogP contribution in [-0.4, -0.2) is 16.5 Å². The molecule has 1 aromatic heterocycles. The summed E-state index contributed by atoms with van der Waals surface area (Å²) in [5.41, 5.74) is 0.257. The highest BCUT2D eigenvalue weighted by atomic mass is 15.0.